The Morgan fingerprint density at radius 2 is 1.69 bits per heavy atom. The first-order valence-corrected chi connectivity index (χ1v) is 11.7. The molecule has 36 heavy (non-hydrogen) atoms. The number of hydrogen-bond acceptors (Lipinski definition) is 5. The third-order valence-corrected chi connectivity index (χ3v) is 5.94. The Hall–Kier alpha value is -4.27. The highest BCUT2D eigenvalue weighted by Crippen LogP contribution is 2.32. The van der Waals surface area contributed by atoms with E-state index in [-0.39, 0.29) is 18.3 Å². The maximum atomic E-state index is 13.4. The highest BCUT2D eigenvalue weighted by Gasteiger charge is 2.19. The number of nitrogens with one attached hydrogen (secondary N) is 3. The second-order valence-electron chi connectivity index (χ2n) is 8.39. The van der Waals surface area contributed by atoms with Gasteiger partial charge in [0.25, 0.3) is 5.91 Å². The number of carbonyl (C=O) groups is 2. The van der Waals surface area contributed by atoms with E-state index < -0.39 is 6.03 Å². The van der Waals surface area contributed by atoms with Gasteiger partial charge in [0, 0.05) is 37.0 Å². The van der Waals surface area contributed by atoms with Crippen molar-refractivity contribution in [2.24, 2.45) is 0 Å². The summed E-state index contributed by atoms with van der Waals surface area (Å²) in [7, 11) is 3.06. The quantitative estimate of drug-likeness (QED) is 0.411. The SMILES string of the molecule is COc1ccc(NC(=O)Nc2cc(C(=O)NCc3cccc(F)c3)ccc2N2CCCC2)cc1OC. The third kappa shape index (κ3) is 6.04. The summed E-state index contributed by atoms with van der Waals surface area (Å²) in [6.45, 7) is 1.93. The van der Waals surface area contributed by atoms with Crippen LogP contribution in [-0.4, -0.2) is 39.2 Å². The lowest BCUT2D eigenvalue weighted by atomic mass is 10.1. The van der Waals surface area contributed by atoms with Gasteiger partial charge in [-0.3, -0.25) is 4.79 Å². The molecule has 1 saturated heterocycles. The number of amides is 3. The fourth-order valence-corrected chi connectivity index (χ4v) is 4.14. The van der Waals surface area contributed by atoms with E-state index in [9.17, 15) is 14.0 Å². The fraction of sp³-hybridized carbons (Fsp3) is 0.259. The smallest absolute Gasteiger partial charge is 0.323 e. The average molecular weight is 493 g/mol. The van der Waals surface area contributed by atoms with E-state index >= 15 is 0 Å². The van der Waals surface area contributed by atoms with Gasteiger partial charge in [0.05, 0.1) is 25.6 Å². The zero-order chi connectivity index (χ0) is 25.5. The lowest BCUT2D eigenvalue weighted by Gasteiger charge is -2.22. The minimum Gasteiger partial charge on any atom is -0.493 e. The van der Waals surface area contributed by atoms with Gasteiger partial charge in [-0.1, -0.05) is 12.1 Å². The number of carbonyl (C=O) groups excluding carboxylic acids is 2. The molecule has 9 heteroatoms. The van der Waals surface area contributed by atoms with E-state index in [0.29, 0.717) is 34.0 Å². The summed E-state index contributed by atoms with van der Waals surface area (Å²) >= 11 is 0. The van der Waals surface area contributed by atoms with Crippen LogP contribution in [0.5, 0.6) is 11.5 Å². The van der Waals surface area contributed by atoms with Crippen molar-refractivity contribution in [3.63, 3.8) is 0 Å². The summed E-state index contributed by atoms with van der Waals surface area (Å²) in [5.74, 6) is 0.362. The molecule has 1 aliphatic heterocycles. The van der Waals surface area contributed by atoms with Crippen LogP contribution in [-0.2, 0) is 6.54 Å². The largest absolute Gasteiger partial charge is 0.493 e. The maximum Gasteiger partial charge on any atom is 0.323 e. The molecule has 4 rings (SSSR count). The number of benzene rings is 3. The molecular formula is C27H29FN4O4. The van der Waals surface area contributed by atoms with Gasteiger partial charge in [-0.2, -0.15) is 0 Å². The van der Waals surface area contributed by atoms with E-state index in [1.165, 1.54) is 19.2 Å². The van der Waals surface area contributed by atoms with Crippen LogP contribution in [0.4, 0.5) is 26.2 Å². The molecular weight excluding hydrogens is 463 g/mol. The lowest BCUT2D eigenvalue weighted by Crippen LogP contribution is -2.26. The van der Waals surface area contributed by atoms with Gasteiger partial charge < -0.3 is 30.3 Å². The van der Waals surface area contributed by atoms with Gasteiger partial charge in [-0.15, -0.1) is 0 Å². The Kier molecular flexibility index (Phi) is 7.89. The van der Waals surface area contributed by atoms with Crippen LogP contribution in [0.15, 0.2) is 60.7 Å². The summed E-state index contributed by atoms with van der Waals surface area (Å²) < 4.78 is 24.0. The van der Waals surface area contributed by atoms with Crippen LogP contribution in [0, 0.1) is 5.82 Å². The molecule has 188 valence electrons. The monoisotopic (exact) mass is 492 g/mol. The molecule has 3 amide bonds. The van der Waals surface area contributed by atoms with Crippen molar-refractivity contribution in [2.75, 3.05) is 42.8 Å². The van der Waals surface area contributed by atoms with Crippen LogP contribution in [0.3, 0.4) is 0 Å². The normalized spacial score (nSPS) is 12.7. The number of methoxy groups -OCH3 is 2. The van der Waals surface area contributed by atoms with Gasteiger partial charge in [0.1, 0.15) is 5.82 Å². The zero-order valence-corrected chi connectivity index (χ0v) is 20.3. The molecule has 0 radical (unpaired) electrons. The van der Waals surface area contributed by atoms with Gasteiger partial charge in [-0.25, -0.2) is 9.18 Å². The van der Waals surface area contributed by atoms with Gasteiger partial charge in [0.2, 0.25) is 0 Å². The summed E-state index contributed by atoms with van der Waals surface area (Å²) in [6, 6.07) is 15.9. The molecule has 0 aromatic heterocycles. The van der Waals surface area contributed by atoms with E-state index in [2.05, 4.69) is 20.9 Å². The van der Waals surface area contributed by atoms with Crippen LogP contribution in [0.25, 0.3) is 0 Å². The van der Waals surface area contributed by atoms with Crippen LogP contribution in [0.2, 0.25) is 0 Å². The van der Waals surface area contributed by atoms with Gasteiger partial charge >= 0.3 is 6.03 Å². The molecule has 1 aliphatic rings. The van der Waals surface area contributed by atoms with E-state index in [1.54, 1.807) is 49.6 Å². The first-order valence-electron chi connectivity index (χ1n) is 11.7. The number of hydrogen-bond donors (Lipinski definition) is 3. The fourth-order valence-electron chi connectivity index (χ4n) is 4.14. The van der Waals surface area contributed by atoms with Gasteiger partial charge in [-0.05, 0) is 60.9 Å². The van der Waals surface area contributed by atoms with Crippen molar-refractivity contribution in [2.45, 2.75) is 19.4 Å². The predicted molar refractivity (Wildman–Crippen MR) is 138 cm³/mol. The van der Waals surface area contributed by atoms with Gasteiger partial charge in [0.15, 0.2) is 11.5 Å². The average Bonchev–Trinajstić information content (AvgIpc) is 3.42. The van der Waals surface area contributed by atoms with Crippen LogP contribution in [0.1, 0.15) is 28.8 Å². The molecule has 3 aromatic carbocycles. The Morgan fingerprint density at radius 1 is 0.917 bits per heavy atom. The third-order valence-electron chi connectivity index (χ3n) is 5.94. The Bertz CT molecular complexity index is 1240. The zero-order valence-electron chi connectivity index (χ0n) is 20.3. The molecule has 1 heterocycles. The Labute approximate surface area is 209 Å². The second kappa shape index (κ2) is 11.4. The van der Waals surface area contributed by atoms with Crippen LogP contribution >= 0.6 is 0 Å². The summed E-state index contributed by atoms with van der Waals surface area (Å²) in [5, 5.41) is 8.48. The number of urea groups is 1. The molecule has 0 atom stereocenters. The van der Waals surface area contributed by atoms with Crippen molar-refractivity contribution in [3.8, 4) is 11.5 Å². The summed E-state index contributed by atoms with van der Waals surface area (Å²) in [5.41, 5.74) is 2.93. The summed E-state index contributed by atoms with van der Waals surface area (Å²) in [6.07, 6.45) is 2.13. The second-order valence-corrected chi connectivity index (χ2v) is 8.39. The minimum atomic E-state index is -0.458. The number of anilines is 3. The molecule has 3 aromatic rings. The molecule has 0 bridgehead atoms. The predicted octanol–water partition coefficient (Wildman–Crippen LogP) is 5.02. The minimum absolute atomic E-state index is 0.188. The summed E-state index contributed by atoms with van der Waals surface area (Å²) in [4.78, 5) is 27.9. The first kappa shape index (κ1) is 24.8. The molecule has 0 saturated carbocycles. The van der Waals surface area contributed by atoms with E-state index in [0.717, 1.165) is 31.6 Å². The van der Waals surface area contributed by atoms with Crippen molar-refractivity contribution in [1.29, 1.82) is 0 Å². The topological polar surface area (TPSA) is 91.9 Å². The first-order chi connectivity index (χ1) is 17.5. The highest BCUT2D eigenvalue weighted by molar-refractivity contribution is 6.04. The van der Waals surface area contributed by atoms with Crippen LogP contribution < -0.4 is 30.3 Å². The van der Waals surface area contributed by atoms with E-state index in [1.807, 2.05) is 6.07 Å². The van der Waals surface area contributed by atoms with Crippen molar-refractivity contribution < 1.29 is 23.5 Å². The van der Waals surface area contributed by atoms with Crippen molar-refractivity contribution >= 4 is 29.0 Å². The number of halogens is 1. The van der Waals surface area contributed by atoms with E-state index in [4.69, 9.17) is 9.47 Å². The lowest BCUT2D eigenvalue weighted by molar-refractivity contribution is 0.0951. The standard InChI is InChI=1S/C27H29FN4O4/c1-35-24-11-9-21(16-25(24)36-2)30-27(34)31-22-15-19(8-10-23(22)32-12-3-4-13-32)26(33)29-17-18-6-5-7-20(28)14-18/h5-11,14-16H,3-4,12-13,17H2,1-2H3,(H,29,33)(H2,30,31,34). The number of nitrogens with zero attached hydrogens (tertiary/aromatic N) is 1. The number of ether oxygens (including phenoxy) is 2. The molecule has 0 unspecified atom stereocenters. The molecule has 0 aliphatic carbocycles. The number of rotatable bonds is 8. The maximum absolute atomic E-state index is 13.4. The van der Waals surface area contributed by atoms with Crippen molar-refractivity contribution in [3.05, 3.63) is 77.6 Å². The highest BCUT2D eigenvalue weighted by atomic mass is 19.1. The molecule has 8 nitrogen and oxygen atoms in total. The molecule has 3 N–H and O–H groups in total. The molecule has 0 spiro atoms. The Morgan fingerprint density at radius 3 is 2.42 bits per heavy atom. The molecule has 1 fully saturated rings. The Balaban J connectivity index is 1.51. The van der Waals surface area contributed by atoms with Crippen molar-refractivity contribution in [1.82, 2.24) is 5.32 Å².